The summed E-state index contributed by atoms with van der Waals surface area (Å²) >= 11 is 0. The van der Waals surface area contributed by atoms with Gasteiger partial charge in [-0.3, -0.25) is 9.59 Å². The Morgan fingerprint density at radius 2 is 2.12 bits per heavy atom. The van der Waals surface area contributed by atoms with Crippen molar-refractivity contribution >= 4 is 18.0 Å². The SMILES string of the molecule is COC(=O)CNC(=O)NC1C=CC(C(=O)O)C1. The molecule has 1 rings (SSSR count). The Morgan fingerprint density at radius 3 is 2.65 bits per heavy atom. The first-order valence-electron chi connectivity index (χ1n) is 5.05. The summed E-state index contributed by atoms with van der Waals surface area (Å²) in [5.74, 6) is -2.04. The fraction of sp³-hybridized carbons (Fsp3) is 0.500. The second-order valence-electron chi connectivity index (χ2n) is 3.57. The zero-order valence-electron chi connectivity index (χ0n) is 9.30. The van der Waals surface area contributed by atoms with Crippen molar-refractivity contribution in [3.63, 3.8) is 0 Å². The number of methoxy groups -OCH3 is 1. The summed E-state index contributed by atoms with van der Waals surface area (Å²) in [4.78, 5) is 32.7. The normalized spacial score (nSPS) is 21.9. The highest BCUT2D eigenvalue weighted by Crippen LogP contribution is 2.17. The van der Waals surface area contributed by atoms with E-state index in [1.54, 1.807) is 6.08 Å². The zero-order chi connectivity index (χ0) is 12.8. The van der Waals surface area contributed by atoms with Crippen molar-refractivity contribution in [3.8, 4) is 0 Å². The summed E-state index contributed by atoms with van der Waals surface area (Å²) in [5.41, 5.74) is 0. The number of carbonyl (C=O) groups excluding carboxylic acids is 2. The molecule has 7 heteroatoms. The number of esters is 1. The minimum atomic E-state index is -0.916. The summed E-state index contributed by atoms with van der Waals surface area (Å²) < 4.78 is 4.35. The number of nitrogens with one attached hydrogen (secondary N) is 2. The lowest BCUT2D eigenvalue weighted by atomic mass is 10.1. The quantitative estimate of drug-likeness (QED) is 0.455. The van der Waals surface area contributed by atoms with Crippen LogP contribution in [0.25, 0.3) is 0 Å². The average molecular weight is 242 g/mol. The van der Waals surface area contributed by atoms with Crippen molar-refractivity contribution in [3.05, 3.63) is 12.2 Å². The first-order chi connectivity index (χ1) is 8.02. The van der Waals surface area contributed by atoms with Crippen LogP contribution >= 0.6 is 0 Å². The largest absolute Gasteiger partial charge is 0.481 e. The van der Waals surface area contributed by atoms with Gasteiger partial charge in [-0.1, -0.05) is 12.2 Å². The van der Waals surface area contributed by atoms with Gasteiger partial charge < -0.3 is 20.5 Å². The molecule has 0 aromatic carbocycles. The number of aliphatic carboxylic acids is 1. The molecule has 2 unspecified atom stereocenters. The highest BCUT2D eigenvalue weighted by atomic mass is 16.5. The predicted molar refractivity (Wildman–Crippen MR) is 57.2 cm³/mol. The molecule has 1 aliphatic rings. The zero-order valence-corrected chi connectivity index (χ0v) is 9.30. The monoisotopic (exact) mass is 242 g/mol. The van der Waals surface area contributed by atoms with E-state index in [0.717, 1.165) is 0 Å². The van der Waals surface area contributed by atoms with Gasteiger partial charge in [0.2, 0.25) is 0 Å². The molecule has 2 amide bonds. The Hall–Kier alpha value is -2.05. The molecule has 2 atom stereocenters. The molecule has 0 aliphatic heterocycles. The van der Waals surface area contributed by atoms with Crippen LogP contribution in [0.3, 0.4) is 0 Å². The lowest BCUT2D eigenvalue weighted by molar-refractivity contribution is -0.140. The second-order valence-corrected chi connectivity index (χ2v) is 3.57. The fourth-order valence-electron chi connectivity index (χ4n) is 1.43. The van der Waals surface area contributed by atoms with Gasteiger partial charge in [0.05, 0.1) is 19.1 Å². The number of urea groups is 1. The molecule has 7 nitrogen and oxygen atoms in total. The maximum atomic E-state index is 11.3. The van der Waals surface area contributed by atoms with Crippen LogP contribution in [0.5, 0.6) is 0 Å². The third-order valence-corrected chi connectivity index (χ3v) is 2.34. The number of ether oxygens (including phenoxy) is 1. The molecule has 0 aromatic heterocycles. The lowest BCUT2D eigenvalue weighted by Crippen LogP contribution is -2.43. The standard InChI is InChI=1S/C10H14N2O5/c1-17-8(13)5-11-10(16)12-7-3-2-6(4-7)9(14)15/h2-3,6-7H,4-5H2,1H3,(H,14,15)(H2,11,12,16). The molecule has 0 spiro atoms. The van der Waals surface area contributed by atoms with E-state index in [1.807, 2.05) is 0 Å². The van der Waals surface area contributed by atoms with Gasteiger partial charge in [-0.2, -0.15) is 0 Å². The van der Waals surface area contributed by atoms with Gasteiger partial charge in [0, 0.05) is 0 Å². The Labute approximate surface area is 97.8 Å². The van der Waals surface area contributed by atoms with Crippen molar-refractivity contribution in [2.24, 2.45) is 5.92 Å². The molecule has 0 radical (unpaired) electrons. The number of hydrogen-bond donors (Lipinski definition) is 3. The molecule has 94 valence electrons. The molecule has 0 heterocycles. The maximum absolute atomic E-state index is 11.3. The van der Waals surface area contributed by atoms with Crippen molar-refractivity contribution in [2.75, 3.05) is 13.7 Å². The first-order valence-corrected chi connectivity index (χ1v) is 5.05. The highest BCUT2D eigenvalue weighted by molar-refractivity contribution is 5.81. The third kappa shape index (κ3) is 4.13. The van der Waals surface area contributed by atoms with Gasteiger partial charge >= 0.3 is 18.0 Å². The van der Waals surface area contributed by atoms with Gasteiger partial charge in [-0.25, -0.2) is 4.79 Å². The number of rotatable bonds is 4. The molecule has 0 saturated heterocycles. The Balaban J connectivity index is 2.27. The van der Waals surface area contributed by atoms with E-state index in [4.69, 9.17) is 5.11 Å². The van der Waals surface area contributed by atoms with Crippen LogP contribution in [0.15, 0.2) is 12.2 Å². The summed E-state index contributed by atoms with van der Waals surface area (Å²) in [6.07, 6.45) is 3.48. The van der Waals surface area contributed by atoms with E-state index < -0.39 is 23.9 Å². The molecule has 0 fully saturated rings. The molecular weight excluding hydrogens is 228 g/mol. The topological polar surface area (TPSA) is 105 Å². The van der Waals surface area contributed by atoms with Crippen molar-refractivity contribution < 1.29 is 24.2 Å². The minimum absolute atomic E-state index is 0.221. The third-order valence-electron chi connectivity index (χ3n) is 2.34. The van der Waals surface area contributed by atoms with E-state index >= 15 is 0 Å². The first kappa shape index (κ1) is 13.0. The van der Waals surface area contributed by atoms with Crippen LogP contribution in [0.1, 0.15) is 6.42 Å². The maximum Gasteiger partial charge on any atom is 0.325 e. The van der Waals surface area contributed by atoms with Crippen molar-refractivity contribution in [2.45, 2.75) is 12.5 Å². The fourth-order valence-corrected chi connectivity index (χ4v) is 1.43. The van der Waals surface area contributed by atoms with E-state index in [0.29, 0.717) is 6.42 Å². The second kappa shape index (κ2) is 5.88. The predicted octanol–water partition coefficient (Wildman–Crippen LogP) is -0.512. The Kier molecular flexibility index (Phi) is 4.50. The highest BCUT2D eigenvalue weighted by Gasteiger charge is 2.25. The molecule has 1 aliphatic carbocycles. The van der Waals surface area contributed by atoms with E-state index in [9.17, 15) is 14.4 Å². The van der Waals surface area contributed by atoms with Crippen LogP contribution in [-0.2, 0) is 14.3 Å². The van der Waals surface area contributed by atoms with Crippen molar-refractivity contribution in [1.82, 2.24) is 10.6 Å². The Bertz CT molecular complexity index is 353. The molecule has 0 saturated carbocycles. The van der Waals surface area contributed by atoms with Crippen LogP contribution in [0.2, 0.25) is 0 Å². The van der Waals surface area contributed by atoms with Crippen LogP contribution in [-0.4, -0.2) is 42.8 Å². The van der Waals surface area contributed by atoms with Crippen molar-refractivity contribution in [1.29, 1.82) is 0 Å². The van der Waals surface area contributed by atoms with Gasteiger partial charge in [0.15, 0.2) is 0 Å². The molecule has 0 aromatic rings. The molecule has 0 bridgehead atoms. The summed E-state index contributed by atoms with van der Waals surface area (Å²) in [5, 5.41) is 13.6. The van der Waals surface area contributed by atoms with Gasteiger partial charge in [0.25, 0.3) is 0 Å². The number of hydrogen-bond acceptors (Lipinski definition) is 4. The summed E-state index contributed by atoms with van der Waals surface area (Å²) in [7, 11) is 1.22. The van der Waals surface area contributed by atoms with Crippen LogP contribution < -0.4 is 10.6 Å². The van der Waals surface area contributed by atoms with E-state index in [1.165, 1.54) is 13.2 Å². The number of amides is 2. The van der Waals surface area contributed by atoms with Crippen LogP contribution in [0.4, 0.5) is 4.79 Å². The minimum Gasteiger partial charge on any atom is -0.481 e. The summed E-state index contributed by atoms with van der Waals surface area (Å²) in [6.45, 7) is -0.221. The van der Waals surface area contributed by atoms with Gasteiger partial charge in [-0.15, -0.1) is 0 Å². The number of carboxylic acids is 1. The molecular formula is C10H14N2O5. The molecule has 3 N–H and O–H groups in total. The van der Waals surface area contributed by atoms with E-state index in [2.05, 4.69) is 15.4 Å². The van der Waals surface area contributed by atoms with E-state index in [-0.39, 0.29) is 12.6 Å². The average Bonchev–Trinajstić information content (AvgIpc) is 2.74. The van der Waals surface area contributed by atoms with Crippen LogP contribution in [0, 0.1) is 5.92 Å². The molecule has 17 heavy (non-hydrogen) atoms. The number of carboxylic acid groups (broad SMARTS) is 1. The number of carbonyl (C=O) groups is 3. The Morgan fingerprint density at radius 1 is 1.41 bits per heavy atom. The van der Waals surface area contributed by atoms with Gasteiger partial charge in [0.1, 0.15) is 6.54 Å². The van der Waals surface area contributed by atoms with Gasteiger partial charge in [-0.05, 0) is 6.42 Å². The smallest absolute Gasteiger partial charge is 0.325 e. The summed E-state index contributed by atoms with van der Waals surface area (Å²) in [6, 6.07) is -0.857. The lowest BCUT2D eigenvalue weighted by Gasteiger charge is -2.12.